The zero-order chi connectivity index (χ0) is 19.9. The van der Waals surface area contributed by atoms with Gasteiger partial charge in [-0.05, 0) is 80.8 Å². The van der Waals surface area contributed by atoms with Gasteiger partial charge in [-0.25, -0.2) is 4.39 Å². The molecule has 3 rings (SSSR count). The average Bonchev–Trinajstić information content (AvgIpc) is 2.73. The number of rotatable bonds is 8. The van der Waals surface area contributed by atoms with Crippen molar-refractivity contribution in [3.63, 3.8) is 0 Å². The smallest absolute Gasteiger partial charge is 0.149 e. The third kappa shape index (κ3) is 5.43. The quantitative estimate of drug-likeness (QED) is 0.391. The van der Waals surface area contributed by atoms with Crippen LogP contribution in [-0.2, 0) is 0 Å². The van der Waals surface area contributed by atoms with Gasteiger partial charge in [-0.2, -0.15) is 0 Å². The van der Waals surface area contributed by atoms with E-state index in [2.05, 4.69) is 6.92 Å². The van der Waals surface area contributed by atoms with E-state index in [1.165, 1.54) is 64.2 Å². The summed E-state index contributed by atoms with van der Waals surface area (Å²) in [4.78, 5) is 0. The standard InChI is InChI=1S/C25H38ClFO/c1-3-5-6-7-18-8-10-19(11-9-18)20-12-14-21(15-13-20)22-16-17-23(28-4-2)24(26)25(22)27/h16-21H,3-15H2,1-2H3. The lowest BCUT2D eigenvalue weighted by Gasteiger charge is -2.38. The highest BCUT2D eigenvalue weighted by atomic mass is 35.5. The molecule has 1 aromatic carbocycles. The summed E-state index contributed by atoms with van der Waals surface area (Å²) in [5.41, 5.74) is 0.798. The van der Waals surface area contributed by atoms with Crippen LogP contribution in [-0.4, -0.2) is 6.61 Å². The fraction of sp³-hybridized carbons (Fsp3) is 0.760. The molecule has 0 saturated heterocycles. The fourth-order valence-corrected chi connectivity index (χ4v) is 5.89. The highest BCUT2D eigenvalue weighted by Crippen LogP contribution is 2.46. The van der Waals surface area contributed by atoms with Gasteiger partial charge in [0.15, 0.2) is 0 Å². The molecule has 28 heavy (non-hydrogen) atoms. The number of hydrogen-bond donors (Lipinski definition) is 0. The molecule has 0 N–H and O–H groups in total. The Bertz CT molecular complexity index is 601. The van der Waals surface area contributed by atoms with E-state index in [1.54, 1.807) is 0 Å². The van der Waals surface area contributed by atoms with Gasteiger partial charge < -0.3 is 4.74 Å². The molecule has 0 amide bonds. The predicted molar refractivity (Wildman–Crippen MR) is 117 cm³/mol. The maximum absolute atomic E-state index is 14.8. The van der Waals surface area contributed by atoms with Crippen molar-refractivity contribution >= 4 is 11.6 Å². The highest BCUT2D eigenvalue weighted by molar-refractivity contribution is 6.32. The summed E-state index contributed by atoms with van der Waals surface area (Å²) in [5, 5.41) is 0.155. The predicted octanol–water partition coefficient (Wildman–Crippen LogP) is 8.54. The number of ether oxygens (including phenoxy) is 1. The summed E-state index contributed by atoms with van der Waals surface area (Å²) >= 11 is 6.21. The molecule has 2 saturated carbocycles. The lowest BCUT2D eigenvalue weighted by molar-refractivity contribution is 0.155. The number of halogens is 2. The van der Waals surface area contributed by atoms with Crippen LogP contribution < -0.4 is 4.74 Å². The van der Waals surface area contributed by atoms with Gasteiger partial charge in [0.25, 0.3) is 0 Å². The van der Waals surface area contributed by atoms with Crippen LogP contribution in [0, 0.1) is 23.6 Å². The van der Waals surface area contributed by atoms with Gasteiger partial charge >= 0.3 is 0 Å². The van der Waals surface area contributed by atoms with Gasteiger partial charge in [0.1, 0.15) is 16.6 Å². The lowest BCUT2D eigenvalue weighted by atomic mass is 9.68. The Morgan fingerprint density at radius 1 is 0.929 bits per heavy atom. The summed E-state index contributed by atoms with van der Waals surface area (Å²) in [6, 6.07) is 3.74. The zero-order valence-corrected chi connectivity index (χ0v) is 18.6. The maximum atomic E-state index is 14.8. The molecule has 2 aliphatic rings. The van der Waals surface area contributed by atoms with Crippen molar-refractivity contribution < 1.29 is 9.13 Å². The van der Waals surface area contributed by atoms with Crippen molar-refractivity contribution in [1.82, 2.24) is 0 Å². The molecule has 1 aromatic rings. The van der Waals surface area contributed by atoms with Crippen LogP contribution in [0.3, 0.4) is 0 Å². The van der Waals surface area contributed by atoms with Gasteiger partial charge in [-0.15, -0.1) is 0 Å². The SMILES string of the molecule is CCCCCC1CCC(C2CCC(c3ccc(OCC)c(Cl)c3F)CC2)CC1. The summed E-state index contributed by atoms with van der Waals surface area (Å²) < 4.78 is 20.2. The second-order valence-electron chi connectivity index (χ2n) is 9.10. The Hall–Kier alpha value is -0.760. The minimum Gasteiger partial charge on any atom is -0.492 e. The third-order valence-electron chi connectivity index (χ3n) is 7.36. The molecule has 0 aromatic heterocycles. The second kappa shape index (κ2) is 10.9. The molecule has 0 heterocycles. The van der Waals surface area contributed by atoms with E-state index in [1.807, 2.05) is 19.1 Å². The van der Waals surface area contributed by atoms with Crippen LogP contribution in [0.15, 0.2) is 12.1 Å². The Balaban J connectivity index is 1.48. The van der Waals surface area contributed by atoms with Crippen molar-refractivity contribution in [2.45, 2.75) is 96.8 Å². The lowest BCUT2D eigenvalue weighted by Crippen LogP contribution is -2.25. The molecule has 2 fully saturated rings. The molecule has 0 spiro atoms. The Morgan fingerprint density at radius 2 is 1.57 bits per heavy atom. The monoisotopic (exact) mass is 408 g/mol. The first-order valence-electron chi connectivity index (χ1n) is 11.7. The molecule has 0 radical (unpaired) electrons. The average molecular weight is 409 g/mol. The van der Waals surface area contributed by atoms with E-state index in [0.29, 0.717) is 18.3 Å². The minimum atomic E-state index is -0.261. The van der Waals surface area contributed by atoms with Crippen LogP contribution >= 0.6 is 11.6 Å². The molecule has 158 valence electrons. The normalized spacial score (nSPS) is 28.3. The molecule has 0 atom stereocenters. The molecular weight excluding hydrogens is 371 g/mol. The van der Waals surface area contributed by atoms with Crippen molar-refractivity contribution in [1.29, 1.82) is 0 Å². The second-order valence-corrected chi connectivity index (χ2v) is 9.48. The van der Waals surface area contributed by atoms with Gasteiger partial charge in [-0.3, -0.25) is 0 Å². The highest BCUT2D eigenvalue weighted by Gasteiger charge is 2.32. The van der Waals surface area contributed by atoms with Crippen LogP contribution in [0.25, 0.3) is 0 Å². The summed E-state index contributed by atoms with van der Waals surface area (Å²) in [6.45, 7) is 4.69. The van der Waals surface area contributed by atoms with Gasteiger partial charge in [-0.1, -0.05) is 63.1 Å². The fourth-order valence-electron chi connectivity index (χ4n) is 5.66. The summed E-state index contributed by atoms with van der Waals surface area (Å²) in [6.07, 6.45) is 16.0. The molecule has 1 nitrogen and oxygen atoms in total. The molecule has 3 heteroatoms. The largest absolute Gasteiger partial charge is 0.492 e. The first-order chi connectivity index (χ1) is 13.6. The van der Waals surface area contributed by atoms with E-state index in [4.69, 9.17) is 16.3 Å². The van der Waals surface area contributed by atoms with E-state index in [0.717, 1.165) is 36.2 Å². The molecular formula is C25H38ClFO. The van der Waals surface area contributed by atoms with Crippen LogP contribution in [0.4, 0.5) is 4.39 Å². The summed E-state index contributed by atoms with van der Waals surface area (Å²) in [7, 11) is 0. The van der Waals surface area contributed by atoms with E-state index in [9.17, 15) is 4.39 Å². The molecule has 0 unspecified atom stereocenters. The van der Waals surface area contributed by atoms with Crippen molar-refractivity contribution in [3.05, 3.63) is 28.5 Å². The van der Waals surface area contributed by atoms with Crippen LogP contribution in [0.2, 0.25) is 5.02 Å². The Kier molecular flexibility index (Phi) is 8.51. The minimum absolute atomic E-state index is 0.155. The van der Waals surface area contributed by atoms with Crippen LogP contribution in [0.1, 0.15) is 102 Å². The molecule has 0 aliphatic heterocycles. The number of hydrogen-bond acceptors (Lipinski definition) is 1. The Morgan fingerprint density at radius 3 is 2.18 bits per heavy atom. The van der Waals surface area contributed by atoms with Gasteiger partial charge in [0, 0.05) is 0 Å². The van der Waals surface area contributed by atoms with E-state index >= 15 is 0 Å². The first kappa shape index (κ1) is 21.9. The Labute approximate surface area is 176 Å². The van der Waals surface area contributed by atoms with Crippen LogP contribution in [0.5, 0.6) is 5.75 Å². The van der Waals surface area contributed by atoms with Crippen molar-refractivity contribution in [3.8, 4) is 5.75 Å². The zero-order valence-electron chi connectivity index (χ0n) is 17.8. The number of benzene rings is 1. The van der Waals surface area contributed by atoms with Crippen molar-refractivity contribution in [2.24, 2.45) is 17.8 Å². The molecule has 2 aliphatic carbocycles. The van der Waals surface area contributed by atoms with Gasteiger partial charge in [0.05, 0.1) is 6.61 Å². The maximum Gasteiger partial charge on any atom is 0.149 e. The first-order valence-corrected chi connectivity index (χ1v) is 12.1. The molecule has 0 bridgehead atoms. The van der Waals surface area contributed by atoms with E-state index in [-0.39, 0.29) is 10.8 Å². The van der Waals surface area contributed by atoms with E-state index < -0.39 is 0 Å². The van der Waals surface area contributed by atoms with Gasteiger partial charge in [0.2, 0.25) is 0 Å². The van der Waals surface area contributed by atoms with Crippen molar-refractivity contribution in [2.75, 3.05) is 6.61 Å². The number of unbranched alkanes of at least 4 members (excludes halogenated alkanes) is 2. The summed E-state index contributed by atoms with van der Waals surface area (Å²) in [5.74, 6) is 3.28. The third-order valence-corrected chi connectivity index (χ3v) is 7.71. The topological polar surface area (TPSA) is 9.23 Å².